The summed E-state index contributed by atoms with van der Waals surface area (Å²) >= 11 is 0. The van der Waals surface area contributed by atoms with Gasteiger partial charge in [0.25, 0.3) is 11.8 Å². The second-order valence-electron chi connectivity index (χ2n) is 7.72. The van der Waals surface area contributed by atoms with Crippen molar-refractivity contribution in [1.29, 1.82) is 0 Å². The summed E-state index contributed by atoms with van der Waals surface area (Å²) in [7, 11) is -2.80. The number of imide groups is 1. The van der Waals surface area contributed by atoms with E-state index in [0.29, 0.717) is 23.5 Å². The molecule has 1 heterocycles. The van der Waals surface area contributed by atoms with E-state index in [0.717, 1.165) is 23.6 Å². The molecule has 31 heavy (non-hydrogen) atoms. The second-order valence-corrected chi connectivity index (χ2v) is 9.76. The highest BCUT2D eigenvalue weighted by Crippen LogP contribution is 2.33. The summed E-state index contributed by atoms with van der Waals surface area (Å²) in [5.74, 6) is -1.64. The van der Waals surface area contributed by atoms with Gasteiger partial charge in [0.05, 0.1) is 11.4 Å². The molecule has 3 rings (SSSR count). The van der Waals surface area contributed by atoms with Crippen LogP contribution in [0.3, 0.4) is 0 Å². The Morgan fingerprint density at radius 1 is 1.13 bits per heavy atom. The molecule has 1 aliphatic carbocycles. The van der Waals surface area contributed by atoms with Crippen molar-refractivity contribution in [2.45, 2.75) is 49.5 Å². The lowest BCUT2D eigenvalue weighted by molar-refractivity contribution is -0.139. The molecule has 2 aliphatic rings. The van der Waals surface area contributed by atoms with E-state index in [9.17, 15) is 27.6 Å². The summed E-state index contributed by atoms with van der Waals surface area (Å²) in [6, 6.07) is 4.75. The third kappa shape index (κ3) is 4.69. The molecular formula is C19H25N5O6S. The summed E-state index contributed by atoms with van der Waals surface area (Å²) in [5.41, 5.74) is 1.66. The highest BCUT2D eigenvalue weighted by molar-refractivity contribution is 7.89. The molecule has 168 valence electrons. The van der Waals surface area contributed by atoms with Crippen molar-refractivity contribution < 1.29 is 27.6 Å². The van der Waals surface area contributed by atoms with Crippen molar-refractivity contribution in [2.24, 2.45) is 0 Å². The molecule has 1 aromatic rings. The Balaban J connectivity index is 1.64. The van der Waals surface area contributed by atoms with Crippen LogP contribution in [0, 0.1) is 0 Å². The zero-order chi connectivity index (χ0) is 22.8. The van der Waals surface area contributed by atoms with Gasteiger partial charge in [0, 0.05) is 19.7 Å². The van der Waals surface area contributed by atoms with E-state index in [1.807, 2.05) is 0 Å². The average Bonchev–Trinajstić information content (AvgIpc) is 2.92. The molecule has 1 aliphatic heterocycles. The first-order chi connectivity index (χ1) is 14.5. The first-order valence-electron chi connectivity index (χ1n) is 9.85. The summed E-state index contributed by atoms with van der Waals surface area (Å²) < 4.78 is 26.2. The molecule has 2 fully saturated rings. The van der Waals surface area contributed by atoms with Crippen molar-refractivity contribution >= 4 is 39.5 Å². The molecule has 0 unspecified atom stereocenters. The predicted molar refractivity (Wildman–Crippen MR) is 110 cm³/mol. The normalized spacial score (nSPS) is 18.2. The van der Waals surface area contributed by atoms with E-state index in [-0.39, 0.29) is 10.8 Å². The van der Waals surface area contributed by atoms with Gasteiger partial charge >= 0.3 is 6.03 Å². The lowest BCUT2D eigenvalue weighted by Gasteiger charge is -2.30. The number of urea groups is 1. The van der Waals surface area contributed by atoms with E-state index in [2.05, 4.69) is 16.1 Å². The minimum Gasteiger partial charge on any atom is -0.326 e. The van der Waals surface area contributed by atoms with Crippen molar-refractivity contribution in [2.75, 3.05) is 18.9 Å². The van der Waals surface area contributed by atoms with Crippen LogP contribution >= 0.6 is 0 Å². The zero-order valence-electron chi connectivity index (χ0n) is 17.3. The maximum atomic E-state index is 12.7. The number of likely N-dealkylation sites (N-methyl/N-ethyl adjacent to an activating group) is 1. The third-order valence-corrected chi connectivity index (χ3v) is 7.17. The SMILES string of the molecule is CC(=O)Nc1ccc(S(=O)(=O)N(C)CC(=O)NN2C(=O)NC3(CCCCC3)C2=O)cc1. The van der Waals surface area contributed by atoms with Crippen LogP contribution in [0.25, 0.3) is 0 Å². The maximum absolute atomic E-state index is 12.7. The van der Waals surface area contributed by atoms with Crippen LogP contribution in [-0.2, 0) is 24.4 Å². The fourth-order valence-corrected chi connectivity index (χ4v) is 4.88. The smallest absolute Gasteiger partial charge is 0.326 e. The largest absolute Gasteiger partial charge is 0.344 e. The zero-order valence-corrected chi connectivity index (χ0v) is 18.1. The number of hydrogen-bond acceptors (Lipinski definition) is 6. The third-order valence-electron chi connectivity index (χ3n) is 5.35. The lowest BCUT2D eigenvalue weighted by atomic mass is 9.82. The Morgan fingerprint density at radius 2 is 1.74 bits per heavy atom. The number of benzene rings is 1. The second kappa shape index (κ2) is 8.63. The molecule has 0 bridgehead atoms. The van der Waals surface area contributed by atoms with Gasteiger partial charge in [0.2, 0.25) is 15.9 Å². The van der Waals surface area contributed by atoms with E-state index in [1.165, 1.54) is 38.2 Å². The highest BCUT2D eigenvalue weighted by Gasteiger charge is 2.52. The van der Waals surface area contributed by atoms with Crippen LogP contribution in [-0.4, -0.2) is 60.6 Å². The van der Waals surface area contributed by atoms with Gasteiger partial charge in [0.15, 0.2) is 0 Å². The average molecular weight is 452 g/mol. The van der Waals surface area contributed by atoms with E-state index >= 15 is 0 Å². The molecule has 1 saturated carbocycles. The minimum absolute atomic E-state index is 0.0759. The van der Waals surface area contributed by atoms with Gasteiger partial charge in [-0.2, -0.15) is 9.31 Å². The monoisotopic (exact) mass is 451 g/mol. The van der Waals surface area contributed by atoms with Crippen LogP contribution in [0.1, 0.15) is 39.0 Å². The fraction of sp³-hybridized carbons (Fsp3) is 0.474. The molecule has 0 aromatic heterocycles. The molecular weight excluding hydrogens is 426 g/mol. The predicted octanol–water partition coefficient (Wildman–Crippen LogP) is 0.551. The molecule has 11 nitrogen and oxygen atoms in total. The number of sulfonamides is 1. The first-order valence-corrected chi connectivity index (χ1v) is 11.3. The number of carbonyl (C=O) groups is 4. The van der Waals surface area contributed by atoms with Crippen LogP contribution in [0.15, 0.2) is 29.2 Å². The van der Waals surface area contributed by atoms with Gasteiger partial charge in [0.1, 0.15) is 5.54 Å². The minimum atomic E-state index is -4.01. The van der Waals surface area contributed by atoms with Gasteiger partial charge in [-0.05, 0) is 37.1 Å². The topological polar surface area (TPSA) is 145 Å². The summed E-state index contributed by atoms with van der Waals surface area (Å²) in [4.78, 5) is 48.3. The molecule has 0 atom stereocenters. The molecule has 3 N–H and O–H groups in total. The van der Waals surface area contributed by atoms with E-state index in [1.54, 1.807) is 0 Å². The van der Waals surface area contributed by atoms with Gasteiger partial charge in [-0.1, -0.05) is 19.3 Å². The maximum Gasteiger partial charge on any atom is 0.344 e. The molecule has 5 amide bonds. The van der Waals surface area contributed by atoms with Gasteiger partial charge in [-0.25, -0.2) is 13.2 Å². The fourth-order valence-electron chi connectivity index (χ4n) is 3.76. The summed E-state index contributed by atoms with van der Waals surface area (Å²) in [6.45, 7) is 0.734. The quantitative estimate of drug-likeness (QED) is 0.539. The number of nitrogens with one attached hydrogen (secondary N) is 3. The van der Waals surface area contributed by atoms with Crippen molar-refractivity contribution in [3.8, 4) is 0 Å². The van der Waals surface area contributed by atoms with Crippen LogP contribution in [0.4, 0.5) is 10.5 Å². The molecule has 12 heteroatoms. The lowest BCUT2D eigenvalue weighted by Crippen LogP contribution is -2.52. The van der Waals surface area contributed by atoms with Crippen LogP contribution in [0.2, 0.25) is 0 Å². The van der Waals surface area contributed by atoms with E-state index < -0.39 is 40.0 Å². The van der Waals surface area contributed by atoms with Crippen molar-refractivity contribution in [1.82, 2.24) is 20.1 Å². The highest BCUT2D eigenvalue weighted by atomic mass is 32.2. The number of amides is 5. The Bertz CT molecular complexity index is 1000. The first kappa shape index (κ1) is 22.7. The number of hydrogen-bond donors (Lipinski definition) is 3. The Morgan fingerprint density at radius 3 is 2.32 bits per heavy atom. The number of carbonyl (C=O) groups excluding carboxylic acids is 4. The molecule has 1 spiro atoms. The number of anilines is 1. The Labute approximate surface area is 180 Å². The van der Waals surface area contributed by atoms with Crippen LogP contribution < -0.4 is 16.1 Å². The summed E-state index contributed by atoms with van der Waals surface area (Å²) in [5, 5.41) is 5.83. The molecule has 1 saturated heterocycles. The number of rotatable bonds is 6. The molecule has 1 aromatic carbocycles. The van der Waals surface area contributed by atoms with Crippen molar-refractivity contribution in [3.05, 3.63) is 24.3 Å². The van der Waals surface area contributed by atoms with E-state index in [4.69, 9.17) is 0 Å². The van der Waals surface area contributed by atoms with Crippen molar-refractivity contribution in [3.63, 3.8) is 0 Å². The molecule has 0 radical (unpaired) electrons. The number of hydrazine groups is 1. The van der Waals surface area contributed by atoms with Crippen LogP contribution in [0.5, 0.6) is 0 Å². The summed E-state index contributed by atoms with van der Waals surface area (Å²) in [6.07, 6.45) is 3.59. The van der Waals surface area contributed by atoms with Gasteiger partial charge in [-0.3, -0.25) is 19.8 Å². The van der Waals surface area contributed by atoms with Gasteiger partial charge < -0.3 is 10.6 Å². The Kier molecular flexibility index (Phi) is 6.32. The standard InChI is InChI=1S/C19H25N5O6S/c1-13(25)20-14-6-8-15(9-7-14)31(29,30)23(2)12-16(26)22-24-17(27)19(21-18(24)28)10-4-3-5-11-19/h6-9H,3-5,10-12H2,1-2H3,(H,20,25)(H,21,28)(H,22,26). The van der Waals surface area contributed by atoms with Gasteiger partial charge in [-0.15, -0.1) is 0 Å². The number of nitrogens with zero attached hydrogens (tertiary/aromatic N) is 2. The Hall–Kier alpha value is -2.99.